The number of nitrogens with zero attached hydrogens (tertiary/aromatic N) is 1. The van der Waals surface area contributed by atoms with Gasteiger partial charge in [0.1, 0.15) is 12.7 Å². The molecule has 0 aliphatic carbocycles. The molecule has 0 bridgehead atoms. The van der Waals surface area contributed by atoms with Crippen LogP contribution in [0.15, 0.2) is 30.5 Å². The van der Waals surface area contributed by atoms with Crippen LogP contribution in [0, 0.1) is 0 Å². The van der Waals surface area contributed by atoms with Crippen LogP contribution in [0.5, 0.6) is 0 Å². The first kappa shape index (κ1) is 15.5. The molecular weight excluding hydrogens is 272 g/mol. The van der Waals surface area contributed by atoms with Crippen LogP contribution >= 0.6 is 0 Å². The van der Waals surface area contributed by atoms with Gasteiger partial charge in [-0.2, -0.15) is 0 Å². The van der Waals surface area contributed by atoms with E-state index >= 15 is 0 Å². The Morgan fingerprint density at radius 3 is 2.86 bits per heavy atom. The Hall–Kier alpha value is -1.89. The minimum absolute atomic E-state index is 0.211. The van der Waals surface area contributed by atoms with E-state index in [0.717, 1.165) is 16.5 Å². The number of benzene rings is 1. The van der Waals surface area contributed by atoms with Crippen molar-refractivity contribution in [3.8, 4) is 0 Å². The number of aromatic nitrogens is 1. The molecule has 0 radical (unpaired) electrons. The summed E-state index contributed by atoms with van der Waals surface area (Å²) in [5.41, 5.74) is 5.96. The van der Waals surface area contributed by atoms with Gasteiger partial charge in [-0.05, 0) is 11.6 Å². The van der Waals surface area contributed by atoms with Crippen molar-refractivity contribution in [1.82, 2.24) is 4.57 Å². The lowest BCUT2D eigenvalue weighted by atomic mass is 10.1. The van der Waals surface area contributed by atoms with Crippen LogP contribution in [0.3, 0.4) is 0 Å². The molecule has 2 rings (SSSR count). The SMILES string of the molecule is Cn1cc(C[C@@H]([NH3+])C(=O)OCC(O)CO)c2ccccc21. The van der Waals surface area contributed by atoms with Gasteiger partial charge in [-0.3, -0.25) is 0 Å². The number of aliphatic hydroxyl groups excluding tert-OH is 2. The van der Waals surface area contributed by atoms with Crippen LogP contribution in [0.25, 0.3) is 10.9 Å². The fourth-order valence-corrected chi connectivity index (χ4v) is 2.29. The van der Waals surface area contributed by atoms with E-state index in [1.807, 2.05) is 42.1 Å². The summed E-state index contributed by atoms with van der Waals surface area (Å²) in [6.45, 7) is -0.644. The number of quaternary nitrogens is 1. The van der Waals surface area contributed by atoms with Crippen LogP contribution in [0.1, 0.15) is 5.56 Å². The molecule has 2 aromatic rings. The van der Waals surface area contributed by atoms with E-state index in [4.69, 9.17) is 9.84 Å². The van der Waals surface area contributed by atoms with E-state index in [1.165, 1.54) is 0 Å². The zero-order valence-electron chi connectivity index (χ0n) is 12.0. The van der Waals surface area contributed by atoms with Gasteiger partial charge in [0.25, 0.3) is 0 Å². The number of aryl methyl sites for hydroxylation is 1. The van der Waals surface area contributed by atoms with Crippen LogP contribution in [0.4, 0.5) is 0 Å². The summed E-state index contributed by atoms with van der Waals surface area (Å²) in [4.78, 5) is 11.8. The maximum absolute atomic E-state index is 11.8. The van der Waals surface area contributed by atoms with Crippen molar-refractivity contribution < 1.29 is 25.5 Å². The molecule has 0 amide bonds. The first-order valence-electron chi connectivity index (χ1n) is 6.84. The van der Waals surface area contributed by atoms with Crippen LogP contribution in [-0.4, -0.2) is 46.1 Å². The summed E-state index contributed by atoms with van der Waals surface area (Å²) in [6, 6.07) is 7.41. The van der Waals surface area contributed by atoms with Crippen molar-refractivity contribution in [3.05, 3.63) is 36.0 Å². The van der Waals surface area contributed by atoms with Gasteiger partial charge in [0.15, 0.2) is 6.04 Å². The number of para-hydroxylation sites is 1. The van der Waals surface area contributed by atoms with Crippen molar-refractivity contribution in [2.45, 2.75) is 18.6 Å². The predicted octanol–water partition coefficient (Wildman–Crippen LogP) is -0.772. The number of fused-ring (bicyclic) bond motifs is 1. The smallest absolute Gasteiger partial charge is 0.365 e. The molecule has 6 nitrogen and oxygen atoms in total. The lowest BCUT2D eigenvalue weighted by Gasteiger charge is -2.11. The van der Waals surface area contributed by atoms with Gasteiger partial charge < -0.3 is 25.3 Å². The highest BCUT2D eigenvalue weighted by Gasteiger charge is 2.22. The monoisotopic (exact) mass is 293 g/mol. The molecule has 0 saturated carbocycles. The highest BCUT2D eigenvalue weighted by Crippen LogP contribution is 2.21. The third kappa shape index (κ3) is 3.60. The zero-order chi connectivity index (χ0) is 15.4. The van der Waals surface area contributed by atoms with Crippen LogP contribution in [0.2, 0.25) is 0 Å². The molecule has 0 spiro atoms. The number of carbonyl (C=O) groups is 1. The molecule has 1 aromatic carbocycles. The Kier molecular flexibility index (Phi) is 4.95. The van der Waals surface area contributed by atoms with Crippen molar-refractivity contribution in [2.24, 2.45) is 7.05 Å². The molecule has 0 saturated heterocycles. The van der Waals surface area contributed by atoms with Gasteiger partial charge in [0, 0.05) is 30.6 Å². The van der Waals surface area contributed by atoms with Crippen molar-refractivity contribution in [3.63, 3.8) is 0 Å². The fraction of sp³-hybridized carbons (Fsp3) is 0.400. The Labute approximate surface area is 122 Å². The molecular formula is C15H21N2O4+. The first-order chi connectivity index (χ1) is 10.0. The highest BCUT2D eigenvalue weighted by molar-refractivity contribution is 5.85. The maximum Gasteiger partial charge on any atom is 0.365 e. The first-order valence-corrected chi connectivity index (χ1v) is 6.84. The van der Waals surface area contributed by atoms with Gasteiger partial charge in [0.2, 0.25) is 0 Å². The number of esters is 1. The Balaban J connectivity index is 2.04. The second kappa shape index (κ2) is 6.71. The number of hydrogen-bond donors (Lipinski definition) is 3. The summed E-state index contributed by atoms with van der Waals surface area (Å²) in [7, 11) is 1.96. The van der Waals surface area contributed by atoms with Crippen molar-refractivity contribution >= 4 is 16.9 Å². The summed E-state index contributed by atoms with van der Waals surface area (Å²) in [5.74, 6) is -0.476. The van der Waals surface area contributed by atoms with E-state index < -0.39 is 24.7 Å². The third-order valence-electron chi connectivity index (χ3n) is 3.41. The van der Waals surface area contributed by atoms with Gasteiger partial charge in [0.05, 0.1) is 6.61 Å². The minimum atomic E-state index is -1.04. The molecule has 2 atom stereocenters. The molecule has 0 aliphatic heterocycles. The van der Waals surface area contributed by atoms with E-state index in [0.29, 0.717) is 6.42 Å². The average molecular weight is 293 g/mol. The van der Waals surface area contributed by atoms with Gasteiger partial charge >= 0.3 is 5.97 Å². The quantitative estimate of drug-likeness (QED) is 0.609. The highest BCUT2D eigenvalue weighted by atomic mass is 16.5. The molecule has 5 N–H and O–H groups in total. The minimum Gasteiger partial charge on any atom is -0.458 e. The number of carbonyl (C=O) groups excluding carboxylic acids is 1. The van der Waals surface area contributed by atoms with Gasteiger partial charge in [-0.1, -0.05) is 18.2 Å². The van der Waals surface area contributed by atoms with Crippen molar-refractivity contribution in [2.75, 3.05) is 13.2 Å². The molecule has 6 heteroatoms. The number of hydrogen-bond acceptors (Lipinski definition) is 4. The number of aliphatic hydroxyl groups is 2. The standard InChI is InChI=1S/C15H20N2O4/c1-17-7-10(12-4-2-3-5-14(12)17)6-13(16)15(20)21-9-11(19)8-18/h2-5,7,11,13,18-19H,6,8-9,16H2,1H3/p+1/t11?,13-/m1/s1. The fourth-order valence-electron chi connectivity index (χ4n) is 2.29. The lowest BCUT2D eigenvalue weighted by Crippen LogP contribution is -2.66. The summed E-state index contributed by atoms with van der Waals surface area (Å²) < 4.78 is 6.94. The van der Waals surface area contributed by atoms with Gasteiger partial charge in [-0.25, -0.2) is 4.79 Å². The lowest BCUT2D eigenvalue weighted by molar-refractivity contribution is -0.408. The molecule has 0 aliphatic rings. The largest absolute Gasteiger partial charge is 0.458 e. The average Bonchev–Trinajstić information content (AvgIpc) is 2.81. The topological polar surface area (TPSA) is 99.3 Å². The van der Waals surface area contributed by atoms with Gasteiger partial charge in [-0.15, -0.1) is 0 Å². The molecule has 21 heavy (non-hydrogen) atoms. The second-order valence-corrected chi connectivity index (χ2v) is 5.15. The van der Waals surface area contributed by atoms with E-state index in [-0.39, 0.29) is 6.61 Å². The number of ether oxygens (including phenoxy) is 1. The summed E-state index contributed by atoms with van der Waals surface area (Å²) in [5, 5.41) is 18.9. The van der Waals surface area contributed by atoms with E-state index in [2.05, 4.69) is 5.73 Å². The normalized spacial score (nSPS) is 14.1. The van der Waals surface area contributed by atoms with Crippen LogP contribution < -0.4 is 5.73 Å². The third-order valence-corrected chi connectivity index (χ3v) is 3.41. The molecule has 0 fully saturated rings. The number of rotatable bonds is 6. The summed E-state index contributed by atoms with van der Waals surface area (Å²) in [6.07, 6.45) is 1.41. The molecule has 1 heterocycles. The predicted molar refractivity (Wildman–Crippen MR) is 77.4 cm³/mol. The molecule has 1 unspecified atom stereocenters. The van der Waals surface area contributed by atoms with E-state index in [9.17, 15) is 9.90 Å². The Morgan fingerprint density at radius 2 is 2.14 bits per heavy atom. The maximum atomic E-state index is 11.8. The van der Waals surface area contributed by atoms with E-state index in [1.54, 1.807) is 0 Å². The summed E-state index contributed by atoms with van der Waals surface area (Å²) >= 11 is 0. The van der Waals surface area contributed by atoms with Crippen molar-refractivity contribution in [1.29, 1.82) is 0 Å². The zero-order valence-corrected chi connectivity index (χ0v) is 12.0. The van der Waals surface area contributed by atoms with Crippen LogP contribution in [-0.2, 0) is 23.0 Å². The molecule has 114 valence electrons. The molecule has 1 aromatic heterocycles. The second-order valence-electron chi connectivity index (χ2n) is 5.15. The Morgan fingerprint density at radius 1 is 1.43 bits per heavy atom. The Bertz CT molecular complexity index is 623.